The van der Waals surface area contributed by atoms with Crippen LogP contribution in [0, 0.1) is 6.92 Å². The number of aryl methyl sites for hydroxylation is 1. The number of ether oxygens (including phenoxy) is 3. The first-order chi connectivity index (χ1) is 18.7. The van der Waals surface area contributed by atoms with Crippen molar-refractivity contribution >= 4 is 39.9 Å². The first-order valence-electron chi connectivity index (χ1n) is 12.6. The van der Waals surface area contributed by atoms with Crippen molar-refractivity contribution in [1.82, 2.24) is 4.98 Å². The fourth-order valence-electron chi connectivity index (χ4n) is 4.83. The summed E-state index contributed by atoms with van der Waals surface area (Å²) in [6.07, 6.45) is 1.48. The molecular weight excluding hydrogens is 520 g/mol. The highest BCUT2D eigenvalue weighted by Gasteiger charge is 2.48. The predicted octanol–water partition coefficient (Wildman–Crippen LogP) is 4.98. The zero-order valence-electron chi connectivity index (χ0n) is 22.0. The van der Waals surface area contributed by atoms with E-state index in [1.807, 2.05) is 13.8 Å². The van der Waals surface area contributed by atoms with Gasteiger partial charge in [-0.25, -0.2) is 9.78 Å². The molecule has 5 rings (SSSR count). The fraction of sp³-hybridized carbons (Fsp3) is 0.310. The Kier molecular flexibility index (Phi) is 7.14. The molecule has 39 heavy (non-hydrogen) atoms. The molecule has 0 spiro atoms. The predicted molar refractivity (Wildman–Crippen MR) is 145 cm³/mol. The number of ketones is 1. The second kappa shape index (κ2) is 10.5. The number of amides is 1. The number of hydrogen-bond acceptors (Lipinski definition) is 9. The number of carbonyl (C=O) groups is 3. The number of rotatable bonds is 7. The average molecular weight is 549 g/mol. The first-order valence-corrected chi connectivity index (χ1v) is 13.4. The Balaban J connectivity index is 1.67. The van der Waals surface area contributed by atoms with Crippen molar-refractivity contribution in [2.75, 3.05) is 18.6 Å². The van der Waals surface area contributed by atoms with Crippen LogP contribution in [0.25, 0.3) is 5.76 Å². The molecule has 3 heterocycles. The molecule has 0 aliphatic carbocycles. The number of esters is 1. The van der Waals surface area contributed by atoms with Crippen LogP contribution in [0.1, 0.15) is 58.4 Å². The number of Topliss-reactive ketones (excluding diaryl/α,β-unsaturated/α-hetero) is 1. The van der Waals surface area contributed by atoms with Crippen molar-refractivity contribution in [3.8, 4) is 11.5 Å². The molecule has 202 valence electrons. The number of nitrogens with zero attached hydrogens (tertiary/aromatic N) is 2. The van der Waals surface area contributed by atoms with E-state index in [0.717, 1.165) is 29.1 Å². The van der Waals surface area contributed by atoms with E-state index < -0.39 is 23.7 Å². The summed E-state index contributed by atoms with van der Waals surface area (Å²) in [5, 5.41) is 11.7. The van der Waals surface area contributed by atoms with Gasteiger partial charge < -0.3 is 19.3 Å². The number of fused-ring (bicyclic) bond motifs is 1. The molecule has 2 aromatic carbocycles. The summed E-state index contributed by atoms with van der Waals surface area (Å²) in [5.74, 6) is -1.31. The molecule has 0 bridgehead atoms. The van der Waals surface area contributed by atoms with Crippen LogP contribution in [0.2, 0.25) is 0 Å². The monoisotopic (exact) mass is 548 g/mol. The van der Waals surface area contributed by atoms with Crippen molar-refractivity contribution in [2.24, 2.45) is 0 Å². The molecule has 0 saturated carbocycles. The molecule has 2 aliphatic heterocycles. The van der Waals surface area contributed by atoms with Crippen LogP contribution in [0.5, 0.6) is 11.5 Å². The van der Waals surface area contributed by atoms with Gasteiger partial charge in [0.15, 0.2) is 5.13 Å². The molecule has 0 radical (unpaired) electrons. The zero-order chi connectivity index (χ0) is 27.8. The number of anilines is 1. The summed E-state index contributed by atoms with van der Waals surface area (Å²) in [7, 11) is 1.26. The molecule has 1 N–H and O–H groups in total. The van der Waals surface area contributed by atoms with Crippen LogP contribution in [0.15, 0.2) is 48.0 Å². The van der Waals surface area contributed by atoms with Gasteiger partial charge in [-0.15, -0.1) is 0 Å². The number of methoxy groups -OCH3 is 1. The molecular formula is C29H28N2O7S. The molecule has 10 heteroatoms. The molecule has 0 unspecified atom stereocenters. The highest BCUT2D eigenvalue weighted by atomic mass is 32.1. The highest BCUT2D eigenvalue weighted by Crippen LogP contribution is 2.45. The van der Waals surface area contributed by atoms with Crippen LogP contribution in [-0.4, -0.2) is 47.6 Å². The van der Waals surface area contributed by atoms with Crippen molar-refractivity contribution in [3.63, 3.8) is 0 Å². The maximum atomic E-state index is 13.5. The van der Waals surface area contributed by atoms with Crippen molar-refractivity contribution < 1.29 is 33.7 Å². The first kappa shape index (κ1) is 26.4. The van der Waals surface area contributed by atoms with Gasteiger partial charge in [0, 0.05) is 12.0 Å². The van der Waals surface area contributed by atoms with E-state index in [1.54, 1.807) is 49.4 Å². The van der Waals surface area contributed by atoms with E-state index in [1.165, 1.54) is 12.0 Å². The van der Waals surface area contributed by atoms with Gasteiger partial charge in [0.25, 0.3) is 5.78 Å². The van der Waals surface area contributed by atoms with Crippen LogP contribution < -0.4 is 14.4 Å². The smallest absolute Gasteiger partial charge is 0.350 e. The number of hydrogen-bond donors (Lipinski definition) is 1. The van der Waals surface area contributed by atoms with Crippen molar-refractivity contribution in [2.45, 2.75) is 45.8 Å². The third-order valence-electron chi connectivity index (χ3n) is 6.62. The standard InChI is InChI=1S/C29H28N2O7S/c1-5-11-37-20-8-6-7-17(14-20)23-22(24(32)18-9-10-21-19(13-18)12-15(2)38-21)25(33)27(34)31(23)29-30-16(3)26(39-29)28(35)36-4/h6-10,13-15,23,32H,5,11-12H2,1-4H3/b24-22+/t15-,23-/m0/s1. The number of aromatic nitrogens is 1. The van der Waals surface area contributed by atoms with Crippen LogP contribution in [0.3, 0.4) is 0 Å². The lowest BCUT2D eigenvalue weighted by molar-refractivity contribution is -0.132. The maximum absolute atomic E-state index is 13.5. The molecule has 1 fully saturated rings. The van der Waals surface area contributed by atoms with Gasteiger partial charge in [-0.05, 0) is 61.7 Å². The third-order valence-corrected chi connectivity index (χ3v) is 7.76. The summed E-state index contributed by atoms with van der Waals surface area (Å²) in [4.78, 5) is 45.2. The van der Waals surface area contributed by atoms with Gasteiger partial charge in [-0.3, -0.25) is 14.5 Å². The van der Waals surface area contributed by atoms with Gasteiger partial charge >= 0.3 is 11.9 Å². The maximum Gasteiger partial charge on any atom is 0.350 e. The lowest BCUT2D eigenvalue weighted by atomic mass is 9.94. The summed E-state index contributed by atoms with van der Waals surface area (Å²) < 4.78 is 16.4. The lowest BCUT2D eigenvalue weighted by Gasteiger charge is -2.23. The SMILES string of the molecule is CCCOc1cccc([C@H]2/C(=C(\O)c3ccc4c(c3)C[C@H](C)O4)C(=O)C(=O)N2c2nc(C)c(C(=O)OC)s2)c1. The normalized spacial score (nSPS) is 19.6. The molecule has 3 aromatic rings. The number of aliphatic hydroxyl groups is 1. The van der Waals surface area contributed by atoms with E-state index in [0.29, 0.717) is 35.6 Å². The van der Waals surface area contributed by atoms with Crippen molar-refractivity contribution in [1.29, 1.82) is 0 Å². The van der Waals surface area contributed by atoms with Crippen LogP contribution in [-0.2, 0) is 20.7 Å². The number of benzene rings is 2. The van der Waals surface area contributed by atoms with E-state index >= 15 is 0 Å². The van der Waals surface area contributed by atoms with Gasteiger partial charge in [-0.1, -0.05) is 30.4 Å². The average Bonchev–Trinajstić information content (AvgIpc) is 3.58. The summed E-state index contributed by atoms with van der Waals surface area (Å²) in [6.45, 7) is 6.07. The molecule has 1 saturated heterocycles. The van der Waals surface area contributed by atoms with E-state index in [9.17, 15) is 19.5 Å². The van der Waals surface area contributed by atoms with Crippen molar-refractivity contribution in [3.05, 3.63) is 75.3 Å². The fourth-order valence-corrected chi connectivity index (χ4v) is 5.84. The Morgan fingerprint density at radius 2 is 2.03 bits per heavy atom. The van der Waals surface area contributed by atoms with Gasteiger partial charge in [0.2, 0.25) is 0 Å². The van der Waals surface area contributed by atoms with Crippen LogP contribution >= 0.6 is 11.3 Å². The Morgan fingerprint density at radius 1 is 1.23 bits per heavy atom. The molecule has 1 amide bonds. The Bertz CT molecular complexity index is 1510. The topological polar surface area (TPSA) is 115 Å². The minimum absolute atomic E-state index is 0.00554. The number of aliphatic hydroxyl groups excluding tert-OH is 1. The number of carbonyl (C=O) groups excluding carboxylic acids is 3. The molecule has 2 atom stereocenters. The van der Waals surface area contributed by atoms with E-state index in [2.05, 4.69) is 4.98 Å². The Hall–Kier alpha value is -4.18. The molecule has 2 aliphatic rings. The number of thiazole rings is 1. The van der Waals surface area contributed by atoms with E-state index in [-0.39, 0.29) is 27.4 Å². The zero-order valence-corrected chi connectivity index (χ0v) is 22.8. The van der Waals surface area contributed by atoms with Gasteiger partial charge in [0.05, 0.1) is 31.0 Å². The Labute approximate surface area is 229 Å². The summed E-state index contributed by atoms with van der Waals surface area (Å²) >= 11 is 0.953. The lowest BCUT2D eigenvalue weighted by Crippen LogP contribution is -2.29. The van der Waals surface area contributed by atoms with Gasteiger partial charge in [-0.2, -0.15) is 0 Å². The van der Waals surface area contributed by atoms with Gasteiger partial charge in [0.1, 0.15) is 28.2 Å². The highest BCUT2D eigenvalue weighted by molar-refractivity contribution is 7.17. The largest absolute Gasteiger partial charge is 0.507 e. The quantitative estimate of drug-likeness (QED) is 0.190. The minimum Gasteiger partial charge on any atom is -0.507 e. The molecule has 9 nitrogen and oxygen atoms in total. The summed E-state index contributed by atoms with van der Waals surface area (Å²) in [5.41, 5.74) is 2.15. The Morgan fingerprint density at radius 3 is 2.77 bits per heavy atom. The summed E-state index contributed by atoms with van der Waals surface area (Å²) in [6, 6.07) is 11.3. The van der Waals surface area contributed by atoms with E-state index in [4.69, 9.17) is 14.2 Å². The second-order valence-corrected chi connectivity index (χ2v) is 10.4. The minimum atomic E-state index is -1.00. The van der Waals surface area contributed by atoms with Crippen LogP contribution in [0.4, 0.5) is 5.13 Å². The molecule has 1 aromatic heterocycles. The second-order valence-electron chi connectivity index (χ2n) is 9.45. The third kappa shape index (κ3) is 4.76.